The Hall–Kier alpha value is -4.44. The highest BCUT2D eigenvalue weighted by atomic mass is 16.5. The lowest BCUT2D eigenvalue weighted by molar-refractivity contribution is -0.149. The first kappa shape index (κ1) is 42.3. The summed E-state index contributed by atoms with van der Waals surface area (Å²) >= 11 is 0. The Balaban J connectivity index is 1.55. The first-order valence-corrected chi connectivity index (χ1v) is 19.3. The molecule has 17 heteroatoms. The third-order valence-corrected chi connectivity index (χ3v) is 11.0. The van der Waals surface area contributed by atoms with E-state index in [0.717, 1.165) is 52.7 Å². The molecule has 54 heavy (non-hydrogen) atoms. The van der Waals surface area contributed by atoms with E-state index in [4.69, 9.17) is 0 Å². The highest BCUT2D eigenvalue weighted by molar-refractivity contribution is 6.38. The normalized spacial score (nSPS) is 23.1. The fraction of sp³-hybridized carbons (Fsp3) is 0.784. The summed E-state index contributed by atoms with van der Waals surface area (Å²) < 4.78 is 9.25. The van der Waals surface area contributed by atoms with Crippen molar-refractivity contribution in [3.8, 4) is 0 Å². The Bertz CT molecular complexity index is 1420. The van der Waals surface area contributed by atoms with Crippen LogP contribution in [0.2, 0.25) is 0 Å². The molecule has 2 bridgehead atoms. The van der Waals surface area contributed by atoms with Crippen molar-refractivity contribution in [3.05, 3.63) is 0 Å². The van der Waals surface area contributed by atoms with E-state index in [1.54, 1.807) is 25.7 Å². The van der Waals surface area contributed by atoms with Gasteiger partial charge in [0.05, 0.1) is 26.8 Å². The maximum absolute atomic E-state index is 14.7. The van der Waals surface area contributed by atoms with E-state index in [9.17, 15) is 38.4 Å². The van der Waals surface area contributed by atoms with E-state index in [2.05, 4.69) is 41.4 Å². The molecule has 3 aliphatic carbocycles. The lowest BCUT2D eigenvalue weighted by Gasteiger charge is -2.41. The van der Waals surface area contributed by atoms with Crippen molar-refractivity contribution >= 4 is 47.5 Å². The van der Waals surface area contributed by atoms with E-state index in [-0.39, 0.29) is 36.9 Å². The van der Waals surface area contributed by atoms with Crippen LogP contribution in [0.3, 0.4) is 0 Å². The van der Waals surface area contributed by atoms with Gasteiger partial charge in [-0.2, -0.15) is 0 Å². The number of rotatable bonds is 16. The Morgan fingerprint density at radius 2 is 1.43 bits per heavy atom. The molecule has 1 saturated heterocycles. The second-order valence-corrected chi connectivity index (χ2v) is 16.1. The van der Waals surface area contributed by atoms with Crippen LogP contribution < -0.4 is 31.9 Å². The standard InChI is InChI=1S/C37H59N7O10/c1-7-11-24(28(45)33(49)39-22-15-16-22)40-32(48)27-21-14-17-23(18-21)44(27)34(50)29(37(2,3)4)43-31(47)26(20-12-9-8-10-13-20)42-30(46)25(41-36(52)54-6)19-38-35(51)53-5/h20-27,29H,7-19H2,1-6H3,(H,38,51)(H,39,49)(H,40,48)(H,41,52)(H,42,46)(H,43,47)/t21-,23+,24?,25-,26-,27-,29+/m0/s1. The number of alkyl carbamates (subject to hydrolysis) is 2. The number of hydrogen-bond acceptors (Lipinski definition) is 10. The molecule has 1 unspecified atom stereocenters. The van der Waals surface area contributed by atoms with Gasteiger partial charge in [-0.3, -0.25) is 28.8 Å². The summed E-state index contributed by atoms with van der Waals surface area (Å²) in [5, 5.41) is 16.0. The summed E-state index contributed by atoms with van der Waals surface area (Å²) in [6.45, 7) is 6.91. The number of piperidine rings is 1. The topological polar surface area (TPSA) is 230 Å². The smallest absolute Gasteiger partial charge is 0.407 e. The van der Waals surface area contributed by atoms with Gasteiger partial charge < -0.3 is 46.3 Å². The lowest BCUT2D eigenvalue weighted by atomic mass is 9.81. The summed E-state index contributed by atoms with van der Waals surface area (Å²) in [6, 6.07) is -5.71. The van der Waals surface area contributed by atoms with Gasteiger partial charge in [-0.15, -0.1) is 0 Å². The zero-order valence-electron chi connectivity index (χ0n) is 32.4. The van der Waals surface area contributed by atoms with Crippen molar-refractivity contribution in [2.45, 2.75) is 147 Å². The van der Waals surface area contributed by atoms with Gasteiger partial charge in [0.2, 0.25) is 29.4 Å². The maximum atomic E-state index is 14.7. The maximum Gasteiger partial charge on any atom is 0.407 e. The van der Waals surface area contributed by atoms with Gasteiger partial charge >= 0.3 is 12.2 Å². The molecule has 7 amide bonds. The highest BCUT2D eigenvalue weighted by Gasteiger charge is 2.54. The number of likely N-dealkylation sites (tertiary alicyclic amines) is 1. The Morgan fingerprint density at radius 1 is 0.759 bits per heavy atom. The van der Waals surface area contributed by atoms with Gasteiger partial charge in [-0.05, 0) is 68.6 Å². The molecule has 17 nitrogen and oxygen atoms in total. The number of ketones is 1. The van der Waals surface area contributed by atoms with Crippen molar-refractivity contribution in [2.24, 2.45) is 17.3 Å². The molecule has 302 valence electrons. The molecule has 0 aromatic rings. The van der Waals surface area contributed by atoms with E-state index in [1.165, 1.54) is 0 Å². The predicted octanol–water partition coefficient (Wildman–Crippen LogP) is 1.18. The van der Waals surface area contributed by atoms with E-state index < -0.39 is 83.1 Å². The number of nitrogens with one attached hydrogen (secondary N) is 6. The molecule has 0 aromatic heterocycles. The molecule has 3 saturated carbocycles. The quantitative estimate of drug-likeness (QED) is 0.123. The van der Waals surface area contributed by atoms with Crippen LogP contribution in [-0.2, 0) is 38.2 Å². The summed E-state index contributed by atoms with van der Waals surface area (Å²) in [5.41, 5.74) is -0.836. The second kappa shape index (κ2) is 18.7. The van der Waals surface area contributed by atoms with Crippen molar-refractivity contribution in [1.29, 1.82) is 0 Å². The molecule has 4 fully saturated rings. The van der Waals surface area contributed by atoms with Crippen molar-refractivity contribution in [1.82, 2.24) is 36.8 Å². The van der Waals surface area contributed by atoms with E-state index >= 15 is 0 Å². The third kappa shape index (κ3) is 10.8. The average molecular weight is 762 g/mol. The minimum Gasteiger partial charge on any atom is -0.453 e. The number of amides is 7. The van der Waals surface area contributed by atoms with Gasteiger partial charge in [-0.1, -0.05) is 53.4 Å². The zero-order chi connectivity index (χ0) is 39.7. The van der Waals surface area contributed by atoms with Gasteiger partial charge in [-0.25, -0.2) is 9.59 Å². The first-order valence-electron chi connectivity index (χ1n) is 19.3. The minimum absolute atomic E-state index is 0.0183. The number of methoxy groups -OCH3 is 2. The molecule has 0 radical (unpaired) electrons. The molecular formula is C37H59N7O10. The second-order valence-electron chi connectivity index (χ2n) is 16.1. The number of fused-ring (bicyclic) bond motifs is 2. The zero-order valence-corrected chi connectivity index (χ0v) is 32.4. The Kier molecular flexibility index (Phi) is 14.7. The van der Waals surface area contributed by atoms with Gasteiger partial charge in [0.25, 0.3) is 5.91 Å². The Labute approximate surface area is 316 Å². The predicted molar refractivity (Wildman–Crippen MR) is 194 cm³/mol. The van der Waals surface area contributed by atoms with Gasteiger partial charge in [0.15, 0.2) is 0 Å². The van der Waals surface area contributed by atoms with Crippen LogP contribution in [0.1, 0.15) is 105 Å². The molecule has 1 heterocycles. The summed E-state index contributed by atoms with van der Waals surface area (Å²) in [5.74, 6) is -4.17. The average Bonchev–Trinajstić information content (AvgIpc) is 3.71. The van der Waals surface area contributed by atoms with Crippen LogP contribution in [0.4, 0.5) is 9.59 Å². The molecule has 7 atom stereocenters. The molecule has 0 aromatic carbocycles. The summed E-state index contributed by atoms with van der Waals surface area (Å²) in [4.78, 5) is 108. The molecule has 4 aliphatic rings. The van der Waals surface area contributed by atoms with E-state index in [1.807, 2.05) is 6.92 Å². The summed E-state index contributed by atoms with van der Waals surface area (Å²) in [7, 11) is 2.27. The minimum atomic E-state index is -1.32. The number of Topliss-reactive ketones (excluding diaryl/α,β-unsaturated/α-hetero) is 1. The Morgan fingerprint density at radius 3 is 2.02 bits per heavy atom. The van der Waals surface area contributed by atoms with Crippen LogP contribution in [-0.4, -0.2) is 115 Å². The van der Waals surface area contributed by atoms with Gasteiger partial charge in [0.1, 0.15) is 24.2 Å². The molecule has 6 N–H and O–H groups in total. The van der Waals surface area contributed by atoms with Crippen LogP contribution in [0.5, 0.6) is 0 Å². The highest BCUT2D eigenvalue weighted by Crippen LogP contribution is 2.44. The van der Waals surface area contributed by atoms with Gasteiger partial charge in [0, 0.05) is 12.1 Å². The van der Waals surface area contributed by atoms with Crippen molar-refractivity contribution in [3.63, 3.8) is 0 Å². The molecule has 1 aliphatic heterocycles. The van der Waals surface area contributed by atoms with Crippen LogP contribution in [0.25, 0.3) is 0 Å². The number of carbonyl (C=O) groups excluding carboxylic acids is 8. The van der Waals surface area contributed by atoms with Crippen molar-refractivity contribution in [2.75, 3.05) is 20.8 Å². The monoisotopic (exact) mass is 761 g/mol. The molecule has 0 spiro atoms. The number of hydrogen-bond donors (Lipinski definition) is 6. The summed E-state index contributed by atoms with van der Waals surface area (Å²) in [6.07, 6.45) is 6.57. The molecule has 4 rings (SSSR count). The third-order valence-electron chi connectivity index (χ3n) is 11.0. The number of carbonyl (C=O) groups is 8. The van der Waals surface area contributed by atoms with Crippen molar-refractivity contribution < 1.29 is 47.8 Å². The number of ether oxygens (including phenoxy) is 2. The first-order chi connectivity index (χ1) is 25.6. The fourth-order valence-electron chi connectivity index (χ4n) is 7.92. The lowest BCUT2D eigenvalue weighted by Crippen LogP contribution is -2.64. The number of nitrogens with zero attached hydrogens (tertiary/aromatic N) is 1. The fourth-order valence-corrected chi connectivity index (χ4v) is 7.92. The largest absolute Gasteiger partial charge is 0.453 e. The van der Waals surface area contributed by atoms with Crippen LogP contribution in [0, 0.1) is 17.3 Å². The SMILES string of the molecule is CCCC(NC(=O)[C@@H]1[C@H]2CC[C@H](C2)N1C(=O)[C@@H](NC(=O)[C@@H](NC(=O)[C@H](CNC(=O)OC)NC(=O)OC)C1CCCCC1)C(C)(C)C)C(=O)C(=O)NC1CC1. The van der Waals surface area contributed by atoms with Crippen LogP contribution in [0.15, 0.2) is 0 Å². The van der Waals surface area contributed by atoms with Crippen LogP contribution >= 0.6 is 0 Å². The molecular weight excluding hydrogens is 702 g/mol. The van der Waals surface area contributed by atoms with E-state index in [0.29, 0.717) is 32.1 Å².